The van der Waals surface area contributed by atoms with Gasteiger partial charge in [0.1, 0.15) is 16.8 Å². The molecule has 2 unspecified atom stereocenters. The lowest BCUT2D eigenvalue weighted by molar-refractivity contribution is -0.0594. The number of morpholine rings is 1. The van der Waals surface area contributed by atoms with Gasteiger partial charge in [-0.15, -0.1) is 4.40 Å². The second-order valence-electron chi connectivity index (χ2n) is 6.28. The predicted octanol–water partition coefficient (Wildman–Crippen LogP) is 2.74. The Morgan fingerprint density at radius 3 is 2.60 bits per heavy atom. The normalized spacial score (nSPS) is 24.7. The summed E-state index contributed by atoms with van der Waals surface area (Å²) in [4.78, 5) is 2.17. The fourth-order valence-electron chi connectivity index (χ4n) is 3.30. The van der Waals surface area contributed by atoms with Gasteiger partial charge in [-0.05, 0) is 36.8 Å². The molecular weight excluding hydrogens is 343 g/mol. The minimum absolute atomic E-state index is 0.109. The quantitative estimate of drug-likeness (QED) is 0.785. The minimum atomic E-state index is -3.65. The number of halogens is 1. The minimum Gasteiger partial charge on any atom is -0.367 e. The summed E-state index contributed by atoms with van der Waals surface area (Å²) in [5.41, 5.74) is 1.47. The molecule has 0 amide bonds. The molecule has 0 radical (unpaired) electrons. The average molecular weight is 360 g/mol. The Hall–Kier alpha value is -2.25. The summed E-state index contributed by atoms with van der Waals surface area (Å²) in [7, 11) is -3.65. The third kappa shape index (κ3) is 2.94. The largest absolute Gasteiger partial charge is 0.367 e. The van der Waals surface area contributed by atoms with Crippen molar-refractivity contribution in [3.8, 4) is 0 Å². The third-order valence-corrected chi connectivity index (χ3v) is 5.74. The topological polar surface area (TPSA) is 59.0 Å². The van der Waals surface area contributed by atoms with Crippen LogP contribution in [-0.2, 0) is 14.8 Å². The second kappa shape index (κ2) is 5.93. The number of rotatable bonds is 1. The van der Waals surface area contributed by atoms with Gasteiger partial charge in [0.25, 0.3) is 10.0 Å². The van der Waals surface area contributed by atoms with E-state index in [1.54, 1.807) is 36.4 Å². The molecule has 0 saturated carbocycles. The number of ether oxygens (including phenoxy) is 1. The molecule has 25 heavy (non-hydrogen) atoms. The first kappa shape index (κ1) is 16.2. The number of amidine groups is 1. The van der Waals surface area contributed by atoms with Crippen molar-refractivity contribution in [3.05, 3.63) is 65.5 Å². The third-order valence-electron chi connectivity index (χ3n) is 4.41. The zero-order chi connectivity index (χ0) is 17.6. The van der Waals surface area contributed by atoms with Crippen LogP contribution in [0.3, 0.4) is 0 Å². The van der Waals surface area contributed by atoms with Gasteiger partial charge < -0.3 is 9.64 Å². The zero-order valence-electron chi connectivity index (χ0n) is 13.6. The van der Waals surface area contributed by atoms with E-state index in [0.29, 0.717) is 24.5 Å². The van der Waals surface area contributed by atoms with Crippen LogP contribution in [0.5, 0.6) is 0 Å². The molecule has 0 bridgehead atoms. The van der Waals surface area contributed by atoms with E-state index in [2.05, 4.69) is 4.40 Å². The van der Waals surface area contributed by atoms with Gasteiger partial charge in [0.15, 0.2) is 5.84 Å². The SMILES string of the molecule is CC1CN(C2=NS(=O)(=O)c3ccccc32)CC(c2ccc(F)cc2)O1. The van der Waals surface area contributed by atoms with Crippen LogP contribution in [0.4, 0.5) is 4.39 Å². The van der Waals surface area contributed by atoms with E-state index in [4.69, 9.17) is 4.74 Å². The molecule has 1 fully saturated rings. The van der Waals surface area contributed by atoms with Crippen molar-refractivity contribution < 1.29 is 17.5 Å². The maximum Gasteiger partial charge on any atom is 0.285 e. The molecule has 2 aliphatic rings. The van der Waals surface area contributed by atoms with Crippen molar-refractivity contribution in [2.45, 2.75) is 24.0 Å². The van der Waals surface area contributed by atoms with E-state index in [9.17, 15) is 12.8 Å². The molecule has 0 N–H and O–H groups in total. The van der Waals surface area contributed by atoms with E-state index in [1.165, 1.54) is 12.1 Å². The molecule has 5 nitrogen and oxygen atoms in total. The molecule has 2 aliphatic heterocycles. The van der Waals surface area contributed by atoms with Crippen LogP contribution in [0.2, 0.25) is 0 Å². The highest BCUT2D eigenvalue weighted by atomic mass is 32.2. The first-order valence-electron chi connectivity index (χ1n) is 8.04. The summed E-state index contributed by atoms with van der Waals surface area (Å²) in [5.74, 6) is 0.155. The molecule has 0 aliphatic carbocycles. The molecule has 4 rings (SSSR count). The van der Waals surface area contributed by atoms with Gasteiger partial charge >= 0.3 is 0 Å². The Kier molecular flexibility index (Phi) is 3.85. The second-order valence-corrected chi connectivity index (χ2v) is 7.85. The summed E-state index contributed by atoms with van der Waals surface area (Å²) in [6, 6.07) is 13.0. The summed E-state index contributed by atoms with van der Waals surface area (Å²) in [6.45, 7) is 2.93. The maximum atomic E-state index is 13.2. The monoisotopic (exact) mass is 360 g/mol. The number of hydrogen-bond donors (Lipinski definition) is 0. The molecule has 1 saturated heterocycles. The number of sulfonamides is 1. The van der Waals surface area contributed by atoms with Crippen LogP contribution in [0, 0.1) is 5.82 Å². The summed E-state index contributed by atoms with van der Waals surface area (Å²) in [6.07, 6.45) is -0.385. The first-order valence-corrected chi connectivity index (χ1v) is 9.48. The lowest BCUT2D eigenvalue weighted by atomic mass is 10.1. The lowest BCUT2D eigenvalue weighted by Crippen LogP contribution is -2.46. The van der Waals surface area contributed by atoms with Gasteiger partial charge in [-0.2, -0.15) is 8.42 Å². The Morgan fingerprint density at radius 1 is 1.12 bits per heavy atom. The molecule has 0 aromatic heterocycles. The van der Waals surface area contributed by atoms with Crippen LogP contribution in [0.15, 0.2) is 57.8 Å². The van der Waals surface area contributed by atoms with Crippen molar-refractivity contribution in [1.29, 1.82) is 0 Å². The Balaban J connectivity index is 1.68. The fraction of sp³-hybridized carbons (Fsp3) is 0.278. The zero-order valence-corrected chi connectivity index (χ0v) is 14.4. The number of nitrogens with zero attached hydrogens (tertiary/aromatic N) is 2. The molecule has 2 heterocycles. The summed E-state index contributed by atoms with van der Waals surface area (Å²) < 4.78 is 47.7. The van der Waals surface area contributed by atoms with Gasteiger partial charge in [-0.3, -0.25) is 0 Å². The molecule has 2 aromatic carbocycles. The highest BCUT2D eigenvalue weighted by Gasteiger charge is 2.35. The average Bonchev–Trinajstić information content (AvgIpc) is 2.87. The molecular formula is C18H17FN2O3S. The van der Waals surface area contributed by atoms with Gasteiger partial charge in [0.05, 0.1) is 6.10 Å². The van der Waals surface area contributed by atoms with Gasteiger partial charge in [-0.1, -0.05) is 24.3 Å². The van der Waals surface area contributed by atoms with Crippen molar-refractivity contribution >= 4 is 15.9 Å². The maximum absolute atomic E-state index is 13.2. The van der Waals surface area contributed by atoms with Crippen LogP contribution < -0.4 is 0 Å². The predicted molar refractivity (Wildman–Crippen MR) is 91.4 cm³/mol. The summed E-state index contributed by atoms with van der Waals surface area (Å²) >= 11 is 0. The van der Waals surface area contributed by atoms with Gasteiger partial charge in [0.2, 0.25) is 0 Å². The van der Waals surface area contributed by atoms with Crippen molar-refractivity contribution in [2.24, 2.45) is 4.40 Å². The molecule has 2 atom stereocenters. The first-order chi connectivity index (χ1) is 11.9. The van der Waals surface area contributed by atoms with Gasteiger partial charge in [-0.25, -0.2) is 4.39 Å². The Morgan fingerprint density at radius 2 is 1.84 bits per heavy atom. The van der Waals surface area contributed by atoms with E-state index in [0.717, 1.165) is 5.56 Å². The summed E-state index contributed by atoms with van der Waals surface area (Å²) in [5, 5.41) is 0. The fourth-order valence-corrected chi connectivity index (χ4v) is 4.53. The van der Waals surface area contributed by atoms with Crippen molar-refractivity contribution in [1.82, 2.24) is 4.90 Å². The molecule has 7 heteroatoms. The number of hydrogen-bond acceptors (Lipinski definition) is 4. The van der Waals surface area contributed by atoms with Crippen LogP contribution in [-0.4, -0.2) is 38.3 Å². The van der Waals surface area contributed by atoms with E-state index < -0.39 is 10.0 Å². The standard InChI is InChI=1S/C18H17FN2O3S/c1-12-10-21(11-16(24-12)13-6-8-14(19)9-7-13)18-15-4-2-3-5-17(15)25(22,23)20-18/h2-9,12,16H,10-11H2,1H3. The van der Waals surface area contributed by atoms with Gasteiger partial charge in [0, 0.05) is 18.7 Å². The van der Waals surface area contributed by atoms with Crippen molar-refractivity contribution in [3.63, 3.8) is 0 Å². The Bertz CT molecular complexity index is 941. The number of fused-ring (bicyclic) bond motifs is 1. The van der Waals surface area contributed by atoms with Crippen LogP contribution in [0.25, 0.3) is 0 Å². The number of benzene rings is 2. The van der Waals surface area contributed by atoms with E-state index in [1.807, 2.05) is 11.8 Å². The smallest absolute Gasteiger partial charge is 0.285 e. The van der Waals surface area contributed by atoms with E-state index in [-0.39, 0.29) is 22.9 Å². The highest BCUT2D eigenvalue weighted by molar-refractivity contribution is 7.90. The lowest BCUT2D eigenvalue weighted by Gasteiger charge is -2.38. The molecule has 130 valence electrons. The highest BCUT2D eigenvalue weighted by Crippen LogP contribution is 2.31. The Labute approximate surface area is 145 Å². The van der Waals surface area contributed by atoms with Crippen molar-refractivity contribution in [2.75, 3.05) is 13.1 Å². The molecule has 0 spiro atoms. The van der Waals surface area contributed by atoms with E-state index >= 15 is 0 Å². The van der Waals surface area contributed by atoms with Crippen LogP contribution in [0.1, 0.15) is 24.2 Å². The van der Waals surface area contributed by atoms with Crippen LogP contribution >= 0.6 is 0 Å². The molecule has 2 aromatic rings.